The zero-order chi connectivity index (χ0) is 70.2. The van der Waals surface area contributed by atoms with E-state index in [1.54, 1.807) is 0 Å². The van der Waals surface area contributed by atoms with Gasteiger partial charge in [-0.15, -0.1) is 0 Å². The molecule has 99 heavy (non-hydrogen) atoms. The summed E-state index contributed by atoms with van der Waals surface area (Å²) in [4.78, 5) is 20.4. The van der Waals surface area contributed by atoms with Crippen molar-refractivity contribution in [3.8, 4) is 0 Å². The minimum Gasteiger partial charge on any atom is -0.416 e. The summed E-state index contributed by atoms with van der Waals surface area (Å²) in [5, 5.41) is 0. The number of nitrogens with zero attached hydrogens (tertiary/aromatic N) is 8. The van der Waals surface area contributed by atoms with Gasteiger partial charge in [0.25, 0.3) is 0 Å². The molecule has 8 heterocycles. The van der Waals surface area contributed by atoms with Crippen LogP contribution in [0.4, 0.5) is 0 Å². The van der Waals surface area contributed by atoms with Crippen molar-refractivity contribution in [2.75, 3.05) is 277 Å². The topological polar surface area (TPSA) is 183 Å². The van der Waals surface area contributed by atoms with Crippen LogP contribution >= 0.6 is 0 Å². The maximum Gasteiger partial charge on any atom is 0.325 e. The van der Waals surface area contributed by atoms with Crippen molar-refractivity contribution < 1.29 is 75.6 Å². The fraction of sp³-hybridized carbons (Fsp3) is 1.00. The van der Waals surface area contributed by atoms with Gasteiger partial charge in [0.05, 0.1) is 106 Å². The quantitative estimate of drug-likeness (QED) is 0.0583. The van der Waals surface area contributed by atoms with Crippen LogP contribution in [0.25, 0.3) is 0 Å². The van der Waals surface area contributed by atoms with Gasteiger partial charge in [-0.05, 0) is 204 Å². The van der Waals surface area contributed by atoms with Crippen LogP contribution in [0.3, 0.4) is 0 Å². The zero-order valence-electron chi connectivity index (χ0n) is 64.1. The van der Waals surface area contributed by atoms with Crippen molar-refractivity contribution >= 4 is 68.5 Å². The summed E-state index contributed by atoms with van der Waals surface area (Å²) in [5.41, 5.74) is 0. The van der Waals surface area contributed by atoms with Gasteiger partial charge >= 0.3 is 68.5 Å². The molecule has 0 aromatic carbocycles. The lowest BCUT2D eigenvalue weighted by Crippen LogP contribution is -2.65. The first-order valence-electron chi connectivity index (χ1n) is 39.1. The third kappa shape index (κ3) is 32.5. The minimum absolute atomic E-state index is 0.756. The Morgan fingerprint density at radius 3 is 0.424 bits per heavy atom. The highest BCUT2D eigenvalue weighted by molar-refractivity contribution is 6.93. The van der Waals surface area contributed by atoms with Crippen molar-refractivity contribution in [3.05, 3.63) is 0 Å². The molecule has 0 aliphatic carbocycles. The standard InChI is InChI=1S/C66H142N8O17Si8/c1-75-92(3,59-11-19-67-27-43-77-44-28-67)85-94(5,61-13-21-69-31-47-79-48-32-69)87-96(7,63-15-23-71-35-51-81-52-36-71)89-98(9,65-17-25-73-39-55-83-56-40-73)91-99(10,66-18-26-74-41-57-84-58-42-74)90-97(8,64-16-24-72-37-53-82-54-38-72)88-95(6,62-14-22-70-33-49-80-50-34-70)86-93(4,76-2)60-12-20-68-29-45-78-46-30-68/h11-66H2,1-10H3. The highest BCUT2D eigenvalue weighted by Gasteiger charge is 2.56. The Balaban J connectivity index is 1.16. The van der Waals surface area contributed by atoms with Gasteiger partial charge in [0.2, 0.25) is 0 Å². The first kappa shape index (κ1) is 85.3. The zero-order valence-corrected chi connectivity index (χ0v) is 72.1. The second kappa shape index (κ2) is 44.4. The van der Waals surface area contributed by atoms with Gasteiger partial charge in [0.1, 0.15) is 0 Å². The Morgan fingerprint density at radius 1 is 0.192 bits per heavy atom. The molecule has 580 valence electrons. The molecule has 8 saturated heterocycles. The second-order valence-corrected chi connectivity index (χ2v) is 59.3. The molecule has 0 radical (unpaired) electrons. The lowest BCUT2D eigenvalue weighted by molar-refractivity contribution is 0.0374. The first-order chi connectivity index (χ1) is 47.7. The molecule has 8 aliphatic rings. The van der Waals surface area contributed by atoms with E-state index in [1.807, 2.05) is 14.2 Å². The Labute approximate surface area is 608 Å². The molecule has 0 saturated carbocycles. The first-order valence-corrected chi connectivity index (χ1v) is 59.3. The summed E-state index contributed by atoms with van der Waals surface area (Å²) in [7, 11) is -21.3. The van der Waals surface area contributed by atoms with E-state index in [4.69, 9.17) is 75.6 Å². The van der Waals surface area contributed by atoms with Gasteiger partial charge in [-0.25, -0.2) is 0 Å². The molecule has 0 N–H and O–H groups in total. The maximum absolute atomic E-state index is 8.46. The molecule has 8 rings (SSSR count). The van der Waals surface area contributed by atoms with Crippen LogP contribution in [-0.2, 0) is 75.6 Å². The third-order valence-corrected chi connectivity index (χ3v) is 57.6. The van der Waals surface area contributed by atoms with Crippen molar-refractivity contribution in [2.45, 2.75) is 152 Å². The Bertz CT molecular complexity index is 2030. The molecule has 0 aromatic rings. The van der Waals surface area contributed by atoms with E-state index in [0.29, 0.717) is 0 Å². The van der Waals surface area contributed by atoms with E-state index < -0.39 is 68.5 Å². The number of ether oxygens (including phenoxy) is 8. The van der Waals surface area contributed by atoms with Crippen molar-refractivity contribution in [2.24, 2.45) is 0 Å². The van der Waals surface area contributed by atoms with Crippen LogP contribution in [0, 0.1) is 0 Å². The molecule has 33 heteroatoms. The monoisotopic (exact) mass is 1540 g/mol. The Kier molecular flexibility index (Phi) is 38.3. The van der Waals surface area contributed by atoms with Gasteiger partial charge in [0.15, 0.2) is 0 Å². The summed E-state index contributed by atoms with van der Waals surface area (Å²) in [6.07, 6.45) is 7.67. The van der Waals surface area contributed by atoms with Crippen LogP contribution in [0.1, 0.15) is 51.4 Å². The number of rotatable bonds is 48. The Hall–Kier alpha value is 0.735. The molecular formula is C66H142N8O17Si8. The van der Waals surface area contributed by atoms with E-state index >= 15 is 0 Å². The Morgan fingerprint density at radius 2 is 0.303 bits per heavy atom. The highest BCUT2D eigenvalue weighted by atomic mass is 28.5. The van der Waals surface area contributed by atoms with E-state index in [-0.39, 0.29) is 0 Å². The highest BCUT2D eigenvalue weighted by Crippen LogP contribution is 2.39. The summed E-state index contributed by atoms with van der Waals surface area (Å²) in [5.74, 6) is 0. The summed E-state index contributed by atoms with van der Waals surface area (Å²) in [6, 6.07) is 6.66. The van der Waals surface area contributed by atoms with Crippen LogP contribution in [0.2, 0.25) is 101 Å². The van der Waals surface area contributed by atoms with Gasteiger partial charge in [-0.1, -0.05) is 0 Å². The average Bonchev–Trinajstić information content (AvgIpc) is 0.783. The van der Waals surface area contributed by atoms with Crippen LogP contribution < -0.4 is 0 Å². The van der Waals surface area contributed by atoms with Crippen LogP contribution in [0.15, 0.2) is 0 Å². The maximum atomic E-state index is 8.46. The minimum atomic E-state index is -3.34. The smallest absolute Gasteiger partial charge is 0.325 e. The molecular weight excluding hydrogens is 1400 g/mol. The largest absolute Gasteiger partial charge is 0.416 e. The number of hydrogen-bond donors (Lipinski definition) is 0. The van der Waals surface area contributed by atoms with E-state index in [9.17, 15) is 0 Å². The molecule has 0 bridgehead atoms. The molecule has 8 unspecified atom stereocenters. The second-order valence-electron chi connectivity index (χ2n) is 30.7. The fourth-order valence-corrected chi connectivity index (χ4v) is 57.9. The van der Waals surface area contributed by atoms with E-state index in [1.165, 1.54) is 0 Å². The van der Waals surface area contributed by atoms with E-state index in [2.05, 4.69) is 91.6 Å². The number of hydrogen-bond acceptors (Lipinski definition) is 25. The SMILES string of the molecule is CO[Si](C)(CCCN1CCOCC1)O[Si](C)(CCCN1CCOCC1)O[Si](C)(CCCN1CCOCC1)O[Si](C)(CCCN1CCOCC1)O[Si](C)(CCCN1CCOCC1)O[Si](C)(CCCN1CCOCC1)O[Si](C)(CCCN1CCOCC1)O[Si](C)(CCCN1CCOCC1)OC. The van der Waals surface area contributed by atoms with Gasteiger partial charge in [-0.3, -0.25) is 39.2 Å². The molecule has 0 spiro atoms. The predicted octanol–water partition coefficient (Wildman–Crippen LogP) is 6.75. The average molecular weight is 1540 g/mol. The van der Waals surface area contributed by atoms with E-state index in [0.717, 1.165) is 363 Å². The predicted molar refractivity (Wildman–Crippen MR) is 408 cm³/mol. The normalized spacial score (nSPS) is 26.1. The summed E-state index contributed by atoms with van der Waals surface area (Å²) in [6.45, 7) is 54.0. The fourth-order valence-electron chi connectivity index (χ4n) is 15.9. The molecule has 0 amide bonds. The van der Waals surface area contributed by atoms with Crippen LogP contribution in [0.5, 0.6) is 0 Å². The molecule has 8 aliphatic heterocycles. The third-order valence-electron chi connectivity index (χ3n) is 21.6. The van der Waals surface area contributed by atoms with Gasteiger partial charge in [0, 0.05) is 119 Å². The summed E-state index contributed by atoms with van der Waals surface area (Å²) >= 11 is 0. The molecule has 25 nitrogen and oxygen atoms in total. The van der Waals surface area contributed by atoms with Gasteiger partial charge in [-0.2, -0.15) is 0 Å². The molecule has 0 aromatic heterocycles. The van der Waals surface area contributed by atoms with Crippen LogP contribution in [-0.4, -0.2) is 385 Å². The van der Waals surface area contributed by atoms with Crippen molar-refractivity contribution in [3.63, 3.8) is 0 Å². The molecule has 8 fully saturated rings. The summed E-state index contributed by atoms with van der Waals surface area (Å²) < 4.78 is 118. The molecule has 8 atom stereocenters. The van der Waals surface area contributed by atoms with Crippen molar-refractivity contribution in [1.82, 2.24) is 39.2 Å². The lowest BCUT2D eigenvalue weighted by atomic mass is 10.3. The lowest BCUT2D eigenvalue weighted by Gasteiger charge is -2.48. The van der Waals surface area contributed by atoms with Gasteiger partial charge < -0.3 is 75.6 Å². The van der Waals surface area contributed by atoms with Crippen molar-refractivity contribution in [1.29, 1.82) is 0 Å². The number of morpholine rings is 8.